The highest BCUT2D eigenvalue weighted by Gasteiger charge is 2.28. The maximum atomic E-state index is 13.2. The maximum absolute atomic E-state index is 13.2. The van der Waals surface area contributed by atoms with Gasteiger partial charge in [-0.3, -0.25) is 4.79 Å². The Bertz CT molecular complexity index is 1410. The molecule has 11 heteroatoms. The highest BCUT2D eigenvalue weighted by molar-refractivity contribution is 7.89. The van der Waals surface area contributed by atoms with Crippen LogP contribution in [0.4, 0.5) is 5.69 Å². The van der Waals surface area contributed by atoms with Gasteiger partial charge in [0.05, 0.1) is 9.79 Å². The van der Waals surface area contributed by atoms with Crippen molar-refractivity contribution in [3.63, 3.8) is 0 Å². The largest absolute Gasteiger partial charge is 0.325 e. The third kappa shape index (κ3) is 6.82. The summed E-state index contributed by atoms with van der Waals surface area (Å²) in [5.41, 5.74) is 1.14. The Morgan fingerprint density at radius 1 is 0.784 bits per heavy atom. The van der Waals surface area contributed by atoms with Gasteiger partial charge in [0.25, 0.3) is 0 Å². The Kier molecular flexibility index (Phi) is 8.40. The Morgan fingerprint density at radius 2 is 1.35 bits per heavy atom. The molecule has 1 aliphatic heterocycles. The minimum atomic E-state index is -3.96. The minimum absolute atomic E-state index is 0.0549. The van der Waals surface area contributed by atoms with Crippen LogP contribution in [0, 0.1) is 0 Å². The predicted octanol–water partition coefficient (Wildman–Crippen LogP) is 2.15. The third-order valence-corrected chi connectivity index (χ3v) is 9.57. The van der Waals surface area contributed by atoms with Crippen LogP contribution < -0.4 is 10.0 Å². The molecule has 1 amide bonds. The second-order valence-corrected chi connectivity index (χ2v) is 12.5. The highest BCUT2D eigenvalue weighted by atomic mass is 32.2. The highest BCUT2D eigenvalue weighted by Crippen LogP contribution is 2.20. The topological polar surface area (TPSA) is 116 Å². The lowest BCUT2D eigenvalue weighted by molar-refractivity contribution is -0.117. The van der Waals surface area contributed by atoms with E-state index in [1.165, 1.54) is 40.7 Å². The van der Waals surface area contributed by atoms with E-state index < -0.39 is 32.0 Å². The number of hydrogen-bond donors (Lipinski definition) is 2. The number of hydrogen-bond acceptors (Lipinski definition) is 6. The molecule has 9 nitrogen and oxygen atoms in total. The van der Waals surface area contributed by atoms with E-state index in [1.807, 2.05) is 37.4 Å². The van der Waals surface area contributed by atoms with Gasteiger partial charge in [0.15, 0.2) is 0 Å². The van der Waals surface area contributed by atoms with E-state index in [4.69, 9.17) is 0 Å². The molecule has 0 bridgehead atoms. The fourth-order valence-corrected chi connectivity index (χ4v) is 6.65. The van der Waals surface area contributed by atoms with Crippen molar-refractivity contribution in [3.05, 3.63) is 90.5 Å². The number of piperazine rings is 1. The summed E-state index contributed by atoms with van der Waals surface area (Å²) in [4.78, 5) is 15.5. The SMILES string of the molecule is CN1CCN(S(=O)(=O)c2ccc(NC(=O)[C@@H](Cc3ccccc3)NS(=O)(=O)c3ccccc3)cc2)CC1. The summed E-state index contributed by atoms with van der Waals surface area (Å²) < 4.78 is 55.8. The molecule has 4 rings (SSSR count). The number of nitrogens with zero attached hydrogens (tertiary/aromatic N) is 2. The lowest BCUT2D eigenvalue weighted by Crippen LogP contribution is -2.47. The molecule has 1 heterocycles. The Balaban J connectivity index is 1.50. The van der Waals surface area contributed by atoms with Crippen LogP contribution in [0.3, 0.4) is 0 Å². The predicted molar refractivity (Wildman–Crippen MR) is 142 cm³/mol. The van der Waals surface area contributed by atoms with Crippen LogP contribution in [0.2, 0.25) is 0 Å². The molecule has 1 saturated heterocycles. The number of carbonyl (C=O) groups is 1. The number of nitrogens with one attached hydrogen (secondary N) is 2. The zero-order valence-electron chi connectivity index (χ0n) is 20.4. The van der Waals surface area contributed by atoms with Crippen molar-refractivity contribution < 1.29 is 21.6 Å². The fourth-order valence-electron chi connectivity index (χ4n) is 4.01. The van der Waals surface area contributed by atoms with Gasteiger partial charge < -0.3 is 10.2 Å². The standard InChI is InChI=1S/C26H30N4O5S2/c1-29-16-18-30(19-17-29)37(34,35)24-14-12-22(13-15-24)27-26(31)25(20-21-8-4-2-5-9-21)28-36(32,33)23-10-6-3-7-11-23/h2-15,25,28H,16-20H2,1H3,(H,27,31)/t25-/m1/s1. The second kappa shape index (κ2) is 11.5. The lowest BCUT2D eigenvalue weighted by Gasteiger charge is -2.31. The molecular weight excluding hydrogens is 512 g/mol. The summed E-state index contributed by atoms with van der Waals surface area (Å²) in [6.07, 6.45) is 0.134. The van der Waals surface area contributed by atoms with Crippen molar-refractivity contribution in [2.75, 3.05) is 38.5 Å². The van der Waals surface area contributed by atoms with Crippen LogP contribution in [0.15, 0.2) is 94.7 Å². The number of amides is 1. The van der Waals surface area contributed by atoms with Crippen LogP contribution in [0.25, 0.3) is 0 Å². The molecule has 0 unspecified atom stereocenters. The average molecular weight is 543 g/mol. The van der Waals surface area contributed by atoms with Crippen molar-refractivity contribution in [3.8, 4) is 0 Å². The quantitative estimate of drug-likeness (QED) is 0.428. The van der Waals surface area contributed by atoms with Crippen molar-refractivity contribution in [2.45, 2.75) is 22.3 Å². The van der Waals surface area contributed by atoms with Crippen molar-refractivity contribution in [1.82, 2.24) is 13.9 Å². The molecule has 1 fully saturated rings. The van der Waals surface area contributed by atoms with E-state index in [0.29, 0.717) is 31.9 Å². The first-order valence-electron chi connectivity index (χ1n) is 11.9. The number of sulfonamides is 2. The fraction of sp³-hybridized carbons (Fsp3) is 0.269. The summed E-state index contributed by atoms with van der Waals surface area (Å²) in [7, 11) is -5.65. The smallest absolute Gasteiger partial charge is 0.243 e. The van der Waals surface area contributed by atoms with Gasteiger partial charge in [-0.25, -0.2) is 16.8 Å². The zero-order chi connectivity index (χ0) is 26.5. The van der Waals surface area contributed by atoms with Crippen molar-refractivity contribution in [1.29, 1.82) is 0 Å². The number of likely N-dealkylation sites (N-methyl/N-ethyl adjacent to an activating group) is 1. The van der Waals surface area contributed by atoms with Crippen LogP contribution in [-0.4, -0.2) is 71.2 Å². The number of anilines is 1. The molecule has 37 heavy (non-hydrogen) atoms. The van der Waals surface area contributed by atoms with Gasteiger partial charge in [-0.05, 0) is 55.4 Å². The molecule has 1 aliphatic rings. The van der Waals surface area contributed by atoms with Crippen LogP contribution in [-0.2, 0) is 31.3 Å². The molecular formula is C26H30N4O5S2. The van der Waals surface area contributed by atoms with Crippen molar-refractivity contribution >= 4 is 31.6 Å². The molecule has 3 aromatic rings. The summed E-state index contributed by atoms with van der Waals surface area (Å²) in [6.45, 7) is 2.16. The molecule has 0 saturated carbocycles. The van der Waals surface area contributed by atoms with E-state index in [1.54, 1.807) is 18.2 Å². The van der Waals surface area contributed by atoms with Gasteiger partial charge in [-0.2, -0.15) is 9.03 Å². The monoisotopic (exact) mass is 542 g/mol. The second-order valence-electron chi connectivity index (χ2n) is 8.90. The lowest BCUT2D eigenvalue weighted by atomic mass is 10.1. The summed E-state index contributed by atoms with van der Waals surface area (Å²) in [5, 5.41) is 2.72. The number of benzene rings is 3. The molecule has 196 valence electrons. The minimum Gasteiger partial charge on any atom is -0.325 e. The average Bonchev–Trinajstić information content (AvgIpc) is 2.90. The van der Waals surface area contributed by atoms with E-state index in [-0.39, 0.29) is 16.2 Å². The van der Waals surface area contributed by atoms with Crippen LogP contribution in [0.1, 0.15) is 5.56 Å². The van der Waals surface area contributed by atoms with Gasteiger partial charge in [0.2, 0.25) is 26.0 Å². The maximum Gasteiger partial charge on any atom is 0.243 e. The first-order chi connectivity index (χ1) is 17.6. The molecule has 0 radical (unpaired) electrons. The van der Waals surface area contributed by atoms with Gasteiger partial charge in [-0.1, -0.05) is 48.5 Å². The van der Waals surface area contributed by atoms with Crippen LogP contribution in [0.5, 0.6) is 0 Å². The molecule has 0 aromatic heterocycles. The Hall–Kier alpha value is -3.09. The van der Waals surface area contributed by atoms with Crippen LogP contribution >= 0.6 is 0 Å². The molecule has 0 spiro atoms. The number of carbonyl (C=O) groups excluding carboxylic acids is 1. The summed E-state index contributed by atoms with van der Waals surface area (Å²) in [5.74, 6) is -0.557. The Labute approximate surface area is 218 Å². The summed E-state index contributed by atoms with van der Waals surface area (Å²) in [6, 6.07) is 21.8. The molecule has 2 N–H and O–H groups in total. The first-order valence-corrected chi connectivity index (χ1v) is 14.8. The van der Waals surface area contributed by atoms with E-state index in [2.05, 4.69) is 14.9 Å². The molecule has 1 atom stereocenters. The third-order valence-electron chi connectivity index (χ3n) is 6.17. The van der Waals surface area contributed by atoms with E-state index in [0.717, 1.165) is 5.56 Å². The van der Waals surface area contributed by atoms with E-state index >= 15 is 0 Å². The van der Waals surface area contributed by atoms with Gasteiger partial charge >= 0.3 is 0 Å². The zero-order valence-corrected chi connectivity index (χ0v) is 22.1. The van der Waals surface area contributed by atoms with Crippen molar-refractivity contribution in [2.24, 2.45) is 0 Å². The van der Waals surface area contributed by atoms with Gasteiger partial charge in [-0.15, -0.1) is 0 Å². The number of rotatable bonds is 9. The summed E-state index contributed by atoms with van der Waals surface area (Å²) >= 11 is 0. The molecule has 3 aromatic carbocycles. The normalized spacial score (nSPS) is 16.2. The first kappa shape index (κ1) is 27.0. The Morgan fingerprint density at radius 3 is 1.95 bits per heavy atom. The van der Waals surface area contributed by atoms with Gasteiger partial charge in [0.1, 0.15) is 6.04 Å². The van der Waals surface area contributed by atoms with E-state index in [9.17, 15) is 21.6 Å². The molecule has 0 aliphatic carbocycles. The van der Waals surface area contributed by atoms with Gasteiger partial charge in [0, 0.05) is 31.9 Å².